The lowest BCUT2D eigenvalue weighted by atomic mass is 9.97. The van der Waals surface area contributed by atoms with Gasteiger partial charge in [0.05, 0.1) is 17.6 Å². The fourth-order valence-corrected chi connectivity index (χ4v) is 4.89. The summed E-state index contributed by atoms with van der Waals surface area (Å²) in [5, 5.41) is 0.544. The second kappa shape index (κ2) is 7.79. The Bertz CT molecular complexity index is 1140. The van der Waals surface area contributed by atoms with Crippen molar-refractivity contribution >= 4 is 33.4 Å². The number of fused-ring (bicyclic) bond motifs is 1. The van der Waals surface area contributed by atoms with E-state index in [1.165, 1.54) is 22.2 Å². The van der Waals surface area contributed by atoms with Gasteiger partial charge >= 0.3 is 0 Å². The molecule has 7 nitrogen and oxygen atoms in total. The third-order valence-corrected chi connectivity index (χ3v) is 6.41. The SMILES string of the molecule is Cc1sc2ncn(CC(=O)N3CCC[C@@H](C(N)=O)C3)c(=O)c2c1-c1ccccc1. The molecule has 4 rings (SSSR count). The van der Waals surface area contributed by atoms with Gasteiger partial charge in [0.25, 0.3) is 5.56 Å². The van der Waals surface area contributed by atoms with Gasteiger partial charge < -0.3 is 10.6 Å². The lowest BCUT2D eigenvalue weighted by Gasteiger charge is -2.31. The summed E-state index contributed by atoms with van der Waals surface area (Å²) in [6, 6.07) is 9.73. The summed E-state index contributed by atoms with van der Waals surface area (Å²) in [6.07, 6.45) is 2.86. The third-order valence-electron chi connectivity index (χ3n) is 5.40. The number of likely N-dealkylation sites (tertiary alicyclic amines) is 1. The molecule has 1 fully saturated rings. The zero-order valence-corrected chi connectivity index (χ0v) is 16.9. The first-order valence-electron chi connectivity index (χ1n) is 9.56. The molecule has 1 aromatic carbocycles. The smallest absolute Gasteiger partial charge is 0.263 e. The van der Waals surface area contributed by atoms with Crippen molar-refractivity contribution in [2.75, 3.05) is 13.1 Å². The molecular formula is C21H22N4O3S. The van der Waals surface area contributed by atoms with E-state index in [9.17, 15) is 14.4 Å². The number of aryl methyl sites for hydroxylation is 1. The number of nitrogens with zero attached hydrogens (tertiary/aromatic N) is 3. The van der Waals surface area contributed by atoms with Crippen molar-refractivity contribution in [3.8, 4) is 11.1 Å². The van der Waals surface area contributed by atoms with Gasteiger partial charge in [0.15, 0.2) is 0 Å². The fourth-order valence-electron chi connectivity index (χ4n) is 3.88. The van der Waals surface area contributed by atoms with Gasteiger partial charge in [0.2, 0.25) is 11.8 Å². The van der Waals surface area contributed by atoms with Crippen LogP contribution in [-0.2, 0) is 16.1 Å². The predicted octanol–water partition coefficient (Wildman–Crippen LogP) is 2.16. The Balaban J connectivity index is 1.67. The number of piperidine rings is 1. The Morgan fingerprint density at radius 1 is 1.28 bits per heavy atom. The molecule has 1 aliphatic heterocycles. The summed E-state index contributed by atoms with van der Waals surface area (Å²) < 4.78 is 1.36. The molecule has 1 saturated heterocycles. The molecule has 0 spiro atoms. The number of rotatable bonds is 4. The predicted molar refractivity (Wildman–Crippen MR) is 113 cm³/mol. The first-order chi connectivity index (χ1) is 14.0. The van der Waals surface area contributed by atoms with Crippen molar-refractivity contribution in [3.05, 3.63) is 51.9 Å². The summed E-state index contributed by atoms with van der Waals surface area (Å²) in [7, 11) is 0. The monoisotopic (exact) mass is 410 g/mol. The molecule has 0 bridgehead atoms. The van der Waals surface area contributed by atoms with E-state index < -0.39 is 0 Å². The zero-order valence-electron chi connectivity index (χ0n) is 16.1. The van der Waals surface area contributed by atoms with Crippen LogP contribution < -0.4 is 11.3 Å². The highest BCUT2D eigenvalue weighted by atomic mass is 32.1. The second-order valence-corrected chi connectivity index (χ2v) is 8.54. The van der Waals surface area contributed by atoms with E-state index in [0.717, 1.165) is 22.4 Å². The average Bonchev–Trinajstić information content (AvgIpc) is 3.07. The topological polar surface area (TPSA) is 98.3 Å². The highest BCUT2D eigenvalue weighted by Gasteiger charge is 2.27. The average molecular weight is 410 g/mol. The Morgan fingerprint density at radius 2 is 2.03 bits per heavy atom. The van der Waals surface area contributed by atoms with E-state index in [4.69, 9.17) is 5.73 Å². The number of hydrogen-bond donors (Lipinski definition) is 1. The van der Waals surface area contributed by atoms with Crippen LogP contribution in [-0.4, -0.2) is 39.4 Å². The van der Waals surface area contributed by atoms with Crippen LogP contribution in [0.5, 0.6) is 0 Å². The molecule has 8 heteroatoms. The van der Waals surface area contributed by atoms with Crippen LogP contribution in [0.2, 0.25) is 0 Å². The Morgan fingerprint density at radius 3 is 2.76 bits per heavy atom. The minimum Gasteiger partial charge on any atom is -0.369 e. The summed E-state index contributed by atoms with van der Waals surface area (Å²) in [5.41, 5.74) is 7.00. The van der Waals surface area contributed by atoms with Gasteiger partial charge in [0.1, 0.15) is 11.4 Å². The number of thiophene rings is 1. The number of carbonyl (C=O) groups excluding carboxylic acids is 2. The van der Waals surface area contributed by atoms with Gasteiger partial charge in [-0.25, -0.2) is 4.98 Å². The molecule has 0 unspecified atom stereocenters. The number of nitrogens with two attached hydrogens (primary N) is 1. The molecule has 3 aromatic rings. The van der Waals surface area contributed by atoms with E-state index in [0.29, 0.717) is 29.7 Å². The maximum atomic E-state index is 13.2. The standard InChI is InChI=1S/C21H22N4O3S/c1-13-17(14-6-3-2-4-7-14)18-20(29-13)23-12-25(21(18)28)11-16(26)24-9-5-8-15(10-24)19(22)27/h2-4,6-7,12,15H,5,8-11H2,1H3,(H2,22,27)/t15-/m1/s1. The van der Waals surface area contributed by atoms with Gasteiger partial charge in [-0.1, -0.05) is 30.3 Å². The molecule has 1 aliphatic rings. The quantitative estimate of drug-likeness (QED) is 0.712. The number of benzene rings is 1. The van der Waals surface area contributed by atoms with Crippen LogP contribution in [0.3, 0.4) is 0 Å². The van der Waals surface area contributed by atoms with Gasteiger partial charge in [-0.2, -0.15) is 0 Å². The Hall–Kier alpha value is -3.00. The summed E-state index contributed by atoms with van der Waals surface area (Å²) in [4.78, 5) is 45.2. The molecule has 0 radical (unpaired) electrons. The highest BCUT2D eigenvalue weighted by molar-refractivity contribution is 7.19. The van der Waals surface area contributed by atoms with Crippen LogP contribution in [0.4, 0.5) is 0 Å². The number of amides is 2. The summed E-state index contributed by atoms with van der Waals surface area (Å²) >= 11 is 1.48. The Labute approximate surface area is 171 Å². The van der Waals surface area contributed by atoms with Crippen LogP contribution >= 0.6 is 11.3 Å². The molecule has 3 heterocycles. The molecule has 0 aliphatic carbocycles. The van der Waals surface area contributed by atoms with Crippen molar-refractivity contribution in [1.82, 2.24) is 14.5 Å². The summed E-state index contributed by atoms with van der Waals surface area (Å²) in [6.45, 7) is 2.75. The maximum Gasteiger partial charge on any atom is 0.263 e. The van der Waals surface area contributed by atoms with Gasteiger partial charge in [0, 0.05) is 23.5 Å². The van der Waals surface area contributed by atoms with Gasteiger partial charge in [-0.05, 0) is 25.3 Å². The third kappa shape index (κ3) is 3.67. The number of primary amides is 1. The van der Waals surface area contributed by atoms with Gasteiger partial charge in [-0.15, -0.1) is 11.3 Å². The molecule has 2 N–H and O–H groups in total. The second-order valence-electron chi connectivity index (χ2n) is 7.34. The number of carbonyl (C=O) groups is 2. The lowest BCUT2D eigenvalue weighted by Crippen LogP contribution is -2.45. The van der Waals surface area contributed by atoms with Crippen molar-refractivity contribution in [1.29, 1.82) is 0 Å². The largest absolute Gasteiger partial charge is 0.369 e. The molecule has 29 heavy (non-hydrogen) atoms. The van der Waals surface area contributed by atoms with E-state index >= 15 is 0 Å². The molecule has 0 saturated carbocycles. The van der Waals surface area contributed by atoms with Crippen LogP contribution in [0, 0.1) is 12.8 Å². The summed E-state index contributed by atoms with van der Waals surface area (Å²) in [5.74, 6) is -0.911. The molecular weight excluding hydrogens is 388 g/mol. The fraction of sp³-hybridized carbons (Fsp3) is 0.333. The van der Waals surface area contributed by atoms with Gasteiger partial charge in [-0.3, -0.25) is 19.0 Å². The zero-order chi connectivity index (χ0) is 20.5. The van der Waals surface area contributed by atoms with E-state index in [2.05, 4.69) is 4.98 Å². The first kappa shape index (κ1) is 19.3. The van der Waals surface area contributed by atoms with Crippen molar-refractivity contribution in [2.24, 2.45) is 11.7 Å². The lowest BCUT2D eigenvalue weighted by molar-refractivity contribution is -0.135. The van der Waals surface area contributed by atoms with Crippen LogP contribution in [0.25, 0.3) is 21.3 Å². The maximum absolute atomic E-state index is 13.2. The normalized spacial score (nSPS) is 16.9. The van der Waals surface area contributed by atoms with Crippen LogP contribution in [0.15, 0.2) is 41.5 Å². The van der Waals surface area contributed by atoms with E-state index in [1.54, 1.807) is 4.90 Å². The van der Waals surface area contributed by atoms with E-state index in [-0.39, 0.29) is 29.8 Å². The van der Waals surface area contributed by atoms with E-state index in [1.807, 2.05) is 37.3 Å². The first-order valence-corrected chi connectivity index (χ1v) is 10.4. The minimum absolute atomic E-state index is 0.101. The highest BCUT2D eigenvalue weighted by Crippen LogP contribution is 2.35. The Kier molecular flexibility index (Phi) is 5.19. The van der Waals surface area contributed by atoms with Crippen molar-refractivity contribution in [3.63, 3.8) is 0 Å². The van der Waals surface area contributed by atoms with Crippen LogP contribution in [0.1, 0.15) is 17.7 Å². The molecule has 150 valence electrons. The molecule has 1 atom stereocenters. The molecule has 2 amide bonds. The van der Waals surface area contributed by atoms with Crippen molar-refractivity contribution < 1.29 is 9.59 Å². The number of hydrogen-bond acceptors (Lipinski definition) is 5. The number of aromatic nitrogens is 2. The van der Waals surface area contributed by atoms with Crippen molar-refractivity contribution in [2.45, 2.75) is 26.3 Å². The molecule has 2 aromatic heterocycles. The minimum atomic E-state index is -0.385.